The third-order valence-electron chi connectivity index (χ3n) is 3.26. The molecule has 3 rings (SSSR count). The van der Waals surface area contributed by atoms with E-state index in [0.717, 1.165) is 5.56 Å². The van der Waals surface area contributed by atoms with E-state index in [1.807, 2.05) is 37.3 Å². The molecule has 5 heteroatoms. The lowest BCUT2D eigenvalue weighted by Crippen LogP contribution is -2.04. The second kappa shape index (κ2) is 6.51. The number of aromatic nitrogens is 2. The molecule has 0 amide bonds. The normalized spacial score (nSPS) is 12.3. The van der Waals surface area contributed by atoms with Crippen LogP contribution in [0.4, 0.5) is 0 Å². The SMILES string of the molecule is Cc1oc(-c2ccccc2)nc1COC(O)c1cccnc1. The Morgan fingerprint density at radius 2 is 2.00 bits per heavy atom. The maximum absolute atomic E-state index is 9.98. The van der Waals surface area contributed by atoms with Gasteiger partial charge in [-0.1, -0.05) is 24.3 Å². The fourth-order valence-corrected chi connectivity index (χ4v) is 2.04. The highest BCUT2D eigenvalue weighted by Crippen LogP contribution is 2.23. The fraction of sp³-hybridized carbons (Fsp3) is 0.176. The quantitative estimate of drug-likeness (QED) is 0.732. The maximum atomic E-state index is 9.98. The van der Waals surface area contributed by atoms with Crippen molar-refractivity contribution < 1.29 is 14.3 Å². The Morgan fingerprint density at radius 3 is 2.73 bits per heavy atom. The van der Waals surface area contributed by atoms with Gasteiger partial charge in [0, 0.05) is 23.5 Å². The van der Waals surface area contributed by atoms with Crippen LogP contribution in [-0.4, -0.2) is 15.1 Å². The number of rotatable bonds is 5. The first-order chi connectivity index (χ1) is 10.7. The van der Waals surface area contributed by atoms with E-state index in [1.165, 1.54) is 0 Å². The van der Waals surface area contributed by atoms with Gasteiger partial charge in [-0.2, -0.15) is 0 Å². The van der Waals surface area contributed by atoms with E-state index in [-0.39, 0.29) is 6.61 Å². The molecule has 112 valence electrons. The topological polar surface area (TPSA) is 68.4 Å². The predicted molar refractivity (Wildman–Crippen MR) is 80.7 cm³/mol. The Bertz CT molecular complexity index is 726. The summed E-state index contributed by atoms with van der Waals surface area (Å²) < 4.78 is 11.1. The number of pyridine rings is 1. The van der Waals surface area contributed by atoms with Crippen molar-refractivity contribution in [3.63, 3.8) is 0 Å². The molecule has 0 aliphatic rings. The molecule has 0 aliphatic heterocycles. The van der Waals surface area contributed by atoms with Gasteiger partial charge in [0.2, 0.25) is 5.89 Å². The lowest BCUT2D eigenvalue weighted by molar-refractivity contribution is -0.113. The van der Waals surface area contributed by atoms with E-state index in [4.69, 9.17) is 9.15 Å². The number of aliphatic hydroxyl groups is 1. The first-order valence-corrected chi connectivity index (χ1v) is 6.95. The van der Waals surface area contributed by atoms with Crippen molar-refractivity contribution in [3.8, 4) is 11.5 Å². The van der Waals surface area contributed by atoms with E-state index in [9.17, 15) is 5.11 Å². The monoisotopic (exact) mass is 296 g/mol. The Hall–Kier alpha value is -2.50. The molecule has 5 nitrogen and oxygen atoms in total. The van der Waals surface area contributed by atoms with Crippen LogP contribution >= 0.6 is 0 Å². The molecule has 0 saturated heterocycles. The Balaban J connectivity index is 1.70. The van der Waals surface area contributed by atoms with Crippen LogP contribution in [0.2, 0.25) is 0 Å². The van der Waals surface area contributed by atoms with Gasteiger partial charge in [0.1, 0.15) is 11.5 Å². The van der Waals surface area contributed by atoms with Gasteiger partial charge < -0.3 is 14.3 Å². The minimum absolute atomic E-state index is 0.165. The van der Waals surface area contributed by atoms with Crippen molar-refractivity contribution in [1.29, 1.82) is 0 Å². The molecule has 0 bridgehead atoms. The molecule has 0 radical (unpaired) electrons. The molecule has 0 aliphatic carbocycles. The number of aryl methyl sites for hydroxylation is 1. The number of nitrogens with zero attached hydrogens (tertiary/aromatic N) is 2. The Labute approximate surface area is 128 Å². The van der Waals surface area contributed by atoms with Gasteiger partial charge in [0.15, 0.2) is 6.29 Å². The van der Waals surface area contributed by atoms with Gasteiger partial charge in [-0.15, -0.1) is 0 Å². The molecule has 3 aromatic rings. The second-order valence-corrected chi connectivity index (χ2v) is 4.84. The highest BCUT2D eigenvalue weighted by atomic mass is 16.6. The predicted octanol–water partition coefficient (Wildman–Crippen LogP) is 3.25. The summed E-state index contributed by atoms with van der Waals surface area (Å²) in [6.45, 7) is 1.99. The molecule has 0 saturated carbocycles. The van der Waals surface area contributed by atoms with Gasteiger partial charge in [-0.3, -0.25) is 4.98 Å². The van der Waals surface area contributed by atoms with Crippen molar-refractivity contribution >= 4 is 0 Å². The number of hydrogen-bond donors (Lipinski definition) is 1. The smallest absolute Gasteiger partial charge is 0.226 e. The highest BCUT2D eigenvalue weighted by molar-refractivity contribution is 5.53. The van der Waals surface area contributed by atoms with Crippen LogP contribution < -0.4 is 0 Å². The van der Waals surface area contributed by atoms with Crippen molar-refractivity contribution in [3.05, 3.63) is 71.9 Å². The van der Waals surface area contributed by atoms with Crippen LogP contribution in [0.15, 0.2) is 59.3 Å². The number of aliphatic hydroxyl groups excluding tert-OH is 1. The van der Waals surface area contributed by atoms with Gasteiger partial charge in [0.05, 0.1) is 6.61 Å². The highest BCUT2D eigenvalue weighted by Gasteiger charge is 2.14. The van der Waals surface area contributed by atoms with Gasteiger partial charge in [-0.05, 0) is 25.1 Å². The minimum Gasteiger partial charge on any atom is -0.441 e. The largest absolute Gasteiger partial charge is 0.441 e. The number of hydrogen-bond acceptors (Lipinski definition) is 5. The lowest BCUT2D eigenvalue weighted by atomic mass is 10.2. The van der Waals surface area contributed by atoms with Gasteiger partial charge in [0.25, 0.3) is 0 Å². The average molecular weight is 296 g/mol. The van der Waals surface area contributed by atoms with Crippen LogP contribution in [0.3, 0.4) is 0 Å². The molecule has 0 spiro atoms. The summed E-state index contributed by atoms with van der Waals surface area (Å²) in [5.74, 6) is 1.23. The third-order valence-corrected chi connectivity index (χ3v) is 3.26. The molecule has 0 fully saturated rings. The average Bonchev–Trinajstić information content (AvgIpc) is 2.95. The molecule has 1 unspecified atom stereocenters. The molecule has 1 atom stereocenters. The van der Waals surface area contributed by atoms with E-state index in [2.05, 4.69) is 9.97 Å². The summed E-state index contributed by atoms with van der Waals surface area (Å²) in [7, 11) is 0. The van der Waals surface area contributed by atoms with Crippen LogP contribution in [0.25, 0.3) is 11.5 Å². The first kappa shape index (κ1) is 14.4. The Kier molecular flexibility index (Phi) is 4.27. The lowest BCUT2D eigenvalue weighted by Gasteiger charge is -2.10. The summed E-state index contributed by atoms with van der Waals surface area (Å²) in [4.78, 5) is 8.38. The van der Waals surface area contributed by atoms with Crippen LogP contribution in [-0.2, 0) is 11.3 Å². The van der Waals surface area contributed by atoms with Gasteiger partial charge >= 0.3 is 0 Å². The van der Waals surface area contributed by atoms with E-state index >= 15 is 0 Å². The first-order valence-electron chi connectivity index (χ1n) is 6.95. The van der Waals surface area contributed by atoms with E-state index < -0.39 is 6.29 Å². The zero-order valence-corrected chi connectivity index (χ0v) is 12.1. The number of ether oxygens (including phenoxy) is 1. The molecule has 2 aromatic heterocycles. The summed E-state index contributed by atoms with van der Waals surface area (Å²) in [6.07, 6.45) is 2.17. The van der Waals surface area contributed by atoms with E-state index in [0.29, 0.717) is 22.9 Å². The number of oxazole rings is 1. The summed E-state index contributed by atoms with van der Waals surface area (Å²) >= 11 is 0. The van der Waals surface area contributed by atoms with Crippen LogP contribution in [0.1, 0.15) is 23.3 Å². The summed E-state index contributed by atoms with van der Waals surface area (Å²) in [6, 6.07) is 13.2. The molecule has 22 heavy (non-hydrogen) atoms. The Morgan fingerprint density at radius 1 is 1.18 bits per heavy atom. The van der Waals surface area contributed by atoms with Crippen LogP contribution in [0, 0.1) is 6.92 Å². The summed E-state index contributed by atoms with van der Waals surface area (Å²) in [5, 5.41) is 9.98. The standard InChI is InChI=1S/C17H16N2O3/c1-12-15(11-21-17(20)14-8-5-9-18-10-14)19-16(22-12)13-6-3-2-4-7-13/h2-10,17,20H,11H2,1H3. The van der Waals surface area contributed by atoms with E-state index in [1.54, 1.807) is 24.5 Å². The van der Waals surface area contributed by atoms with Crippen molar-refractivity contribution in [2.24, 2.45) is 0 Å². The minimum atomic E-state index is -1.04. The number of benzene rings is 1. The molecule has 2 heterocycles. The zero-order chi connectivity index (χ0) is 15.4. The van der Waals surface area contributed by atoms with Gasteiger partial charge in [-0.25, -0.2) is 4.98 Å². The van der Waals surface area contributed by atoms with Crippen molar-refractivity contribution in [1.82, 2.24) is 9.97 Å². The molecule has 1 aromatic carbocycles. The third kappa shape index (κ3) is 3.21. The second-order valence-electron chi connectivity index (χ2n) is 4.84. The summed E-state index contributed by atoms with van der Waals surface area (Å²) in [5.41, 5.74) is 2.18. The molecule has 1 N–H and O–H groups in total. The zero-order valence-electron chi connectivity index (χ0n) is 12.1. The maximum Gasteiger partial charge on any atom is 0.226 e. The molecular formula is C17H16N2O3. The fourth-order valence-electron chi connectivity index (χ4n) is 2.04. The van der Waals surface area contributed by atoms with Crippen LogP contribution in [0.5, 0.6) is 0 Å². The van der Waals surface area contributed by atoms with Crippen molar-refractivity contribution in [2.45, 2.75) is 19.8 Å². The van der Waals surface area contributed by atoms with Crippen molar-refractivity contribution in [2.75, 3.05) is 0 Å². The molecular weight excluding hydrogens is 280 g/mol.